The van der Waals surface area contributed by atoms with Crippen LogP contribution in [-0.4, -0.2) is 11.8 Å². The van der Waals surface area contributed by atoms with Crippen LogP contribution in [0.1, 0.15) is 25.7 Å². The molecule has 3 unspecified atom stereocenters. The fraction of sp³-hybridized carbons (Fsp3) is 0.636. The lowest BCUT2D eigenvalue weighted by molar-refractivity contribution is -0.127. The molecule has 0 radical (unpaired) electrons. The van der Waals surface area contributed by atoms with Crippen LogP contribution < -0.4 is 5.32 Å². The van der Waals surface area contributed by atoms with E-state index in [1.807, 2.05) is 0 Å². The van der Waals surface area contributed by atoms with Gasteiger partial charge in [-0.05, 0) is 25.2 Å². The summed E-state index contributed by atoms with van der Waals surface area (Å²) in [6.45, 7) is 0. The third kappa shape index (κ3) is 0.925. The number of amides is 2. The van der Waals surface area contributed by atoms with Gasteiger partial charge in [0.05, 0.1) is 5.92 Å². The van der Waals surface area contributed by atoms with Gasteiger partial charge in [0.25, 0.3) is 0 Å². The van der Waals surface area contributed by atoms with Gasteiger partial charge in [0.1, 0.15) is 0 Å². The Kier molecular flexibility index (Phi) is 1.45. The Morgan fingerprint density at radius 1 is 1.43 bits per heavy atom. The van der Waals surface area contributed by atoms with Crippen LogP contribution in [-0.2, 0) is 9.59 Å². The summed E-state index contributed by atoms with van der Waals surface area (Å²) in [7, 11) is 0. The highest BCUT2D eigenvalue weighted by atomic mass is 16.2. The molecule has 0 aromatic carbocycles. The van der Waals surface area contributed by atoms with Crippen LogP contribution >= 0.6 is 0 Å². The average Bonchev–Trinajstić information content (AvgIpc) is 2.79. The second kappa shape index (κ2) is 2.47. The molecule has 2 amide bonds. The molecule has 2 fully saturated rings. The van der Waals surface area contributed by atoms with E-state index in [9.17, 15) is 9.59 Å². The zero-order valence-electron chi connectivity index (χ0n) is 7.95. The van der Waals surface area contributed by atoms with Gasteiger partial charge in [-0.2, -0.15) is 0 Å². The maximum Gasteiger partial charge on any atom is 0.231 e. The Morgan fingerprint density at radius 2 is 2.29 bits per heavy atom. The molecule has 1 aliphatic heterocycles. The highest BCUT2D eigenvalue weighted by Gasteiger charge is 2.51. The van der Waals surface area contributed by atoms with Crippen LogP contribution in [0.4, 0.5) is 0 Å². The van der Waals surface area contributed by atoms with Crippen LogP contribution in [0.15, 0.2) is 12.2 Å². The quantitative estimate of drug-likeness (QED) is 0.496. The molecule has 74 valence electrons. The highest BCUT2D eigenvalue weighted by molar-refractivity contribution is 6.04. The Hall–Kier alpha value is -1.12. The monoisotopic (exact) mass is 191 g/mol. The van der Waals surface area contributed by atoms with Crippen molar-refractivity contribution in [3.05, 3.63) is 12.2 Å². The Bertz CT molecular complexity index is 347. The van der Waals surface area contributed by atoms with Crippen molar-refractivity contribution in [1.82, 2.24) is 5.32 Å². The summed E-state index contributed by atoms with van der Waals surface area (Å²) in [6.07, 6.45) is 8.16. The molecule has 3 aliphatic rings. The molecular weight excluding hydrogens is 178 g/mol. The summed E-state index contributed by atoms with van der Waals surface area (Å²) in [5, 5.41) is 2.41. The van der Waals surface area contributed by atoms with Crippen molar-refractivity contribution >= 4 is 11.8 Å². The first-order valence-electron chi connectivity index (χ1n) is 5.23. The fourth-order valence-corrected chi connectivity index (χ4v) is 3.24. The molecule has 0 spiro atoms. The van der Waals surface area contributed by atoms with Gasteiger partial charge >= 0.3 is 0 Å². The first-order valence-corrected chi connectivity index (χ1v) is 5.23. The number of rotatable bonds is 1. The first kappa shape index (κ1) is 8.21. The number of hydrogen-bond donors (Lipinski definition) is 1. The highest BCUT2D eigenvalue weighted by Crippen LogP contribution is 2.55. The molecule has 3 atom stereocenters. The Balaban J connectivity index is 1.92. The number of hydrogen-bond acceptors (Lipinski definition) is 2. The topological polar surface area (TPSA) is 46.2 Å². The number of allylic oxidation sites excluding steroid dienone is 2. The lowest BCUT2D eigenvalue weighted by Gasteiger charge is -2.28. The lowest BCUT2D eigenvalue weighted by Crippen LogP contribution is -2.31. The normalized spacial score (nSPS) is 44.9. The summed E-state index contributed by atoms with van der Waals surface area (Å²) in [5.74, 6) is 0.428. The van der Waals surface area contributed by atoms with Crippen molar-refractivity contribution in [3.63, 3.8) is 0 Å². The van der Waals surface area contributed by atoms with E-state index in [1.54, 1.807) is 0 Å². The van der Waals surface area contributed by atoms with Crippen LogP contribution in [0.2, 0.25) is 0 Å². The lowest BCUT2D eigenvalue weighted by atomic mass is 9.74. The smallest absolute Gasteiger partial charge is 0.231 e. The van der Waals surface area contributed by atoms with E-state index in [4.69, 9.17) is 0 Å². The van der Waals surface area contributed by atoms with E-state index in [-0.39, 0.29) is 23.1 Å². The SMILES string of the molecule is O=C1CC(C23C=CC(CC2)C3)C(=O)N1. The molecule has 1 N–H and O–H groups in total. The number of nitrogens with one attached hydrogen (secondary N) is 1. The second-order valence-corrected chi connectivity index (χ2v) is 4.76. The van der Waals surface area contributed by atoms with Crippen LogP contribution in [0, 0.1) is 17.3 Å². The van der Waals surface area contributed by atoms with Gasteiger partial charge in [-0.3, -0.25) is 14.9 Å². The molecule has 3 heteroatoms. The molecule has 1 saturated heterocycles. The summed E-state index contributed by atoms with van der Waals surface area (Å²) >= 11 is 0. The third-order valence-electron chi connectivity index (χ3n) is 3.99. The third-order valence-corrected chi connectivity index (χ3v) is 3.99. The molecule has 14 heavy (non-hydrogen) atoms. The molecule has 2 aliphatic carbocycles. The second-order valence-electron chi connectivity index (χ2n) is 4.76. The molecule has 1 saturated carbocycles. The summed E-state index contributed by atoms with van der Waals surface area (Å²) < 4.78 is 0. The van der Waals surface area contributed by atoms with Gasteiger partial charge in [0.2, 0.25) is 11.8 Å². The van der Waals surface area contributed by atoms with Crippen molar-refractivity contribution < 1.29 is 9.59 Å². The molecular formula is C11H13NO2. The molecule has 3 nitrogen and oxygen atoms in total. The van der Waals surface area contributed by atoms with E-state index in [0.29, 0.717) is 12.3 Å². The van der Waals surface area contributed by atoms with Crippen molar-refractivity contribution in [1.29, 1.82) is 0 Å². The predicted molar refractivity (Wildman–Crippen MR) is 50.2 cm³/mol. The molecule has 2 bridgehead atoms. The largest absolute Gasteiger partial charge is 0.296 e. The van der Waals surface area contributed by atoms with Gasteiger partial charge in [-0.25, -0.2) is 0 Å². The number of carbonyl (C=O) groups excluding carboxylic acids is 2. The van der Waals surface area contributed by atoms with Gasteiger partial charge in [-0.15, -0.1) is 0 Å². The van der Waals surface area contributed by atoms with Crippen molar-refractivity contribution in [3.8, 4) is 0 Å². The van der Waals surface area contributed by atoms with Gasteiger partial charge in [-0.1, -0.05) is 12.2 Å². The number of imide groups is 1. The predicted octanol–water partition coefficient (Wildman–Crippen LogP) is 1.01. The van der Waals surface area contributed by atoms with Gasteiger partial charge in [0, 0.05) is 11.8 Å². The first-order chi connectivity index (χ1) is 6.70. The Morgan fingerprint density at radius 3 is 2.71 bits per heavy atom. The van der Waals surface area contributed by atoms with E-state index >= 15 is 0 Å². The molecule has 3 rings (SSSR count). The number of carbonyl (C=O) groups is 2. The Labute approximate surface area is 82.6 Å². The summed E-state index contributed by atoms with van der Waals surface area (Å²) in [5.41, 5.74) is 0.0287. The van der Waals surface area contributed by atoms with Crippen LogP contribution in [0.3, 0.4) is 0 Å². The van der Waals surface area contributed by atoms with Crippen LogP contribution in [0.5, 0.6) is 0 Å². The van der Waals surface area contributed by atoms with E-state index in [1.165, 1.54) is 6.42 Å². The molecule has 1 heterocycles. The van der Waals surface area contributed by atoms with Crippen molar-refractivity contribution in [2.24, 2.45) is 17.3 Å². The van der Waals surface area contributed by atoms with Gasteiger partial charge < -0.3 is 0 Å². The van der Waals surface area contributed by atoms with Crippen LogP contribution in [0.25, 0.3) is 0 Å². The standard InChI is InChI=1S/C11H13NO2/c13-9-5-8(10(14)12-9)11-3-1-7(6-11)2-4-11/h1,3,7-8H,2,4-6H2,(H,12,13,14). The van der Waals surface area contributed by atoms with E-state index in [0.717, 1.165) is 12.8 Å². The maximum absolute atomic E-state index is 11.6. The maximum atomic E-state index is 11.6. The minimum Gasteiger partial charge on any atom is -0.296 e. The number of fused-ring (bicyclic) bond motifs is 2. The molecule has 0 aromatic rings. The van der Waals surface area contributed by atoms with Gasteiger partial charge in [0.15, 0.2) is 0 Å². The zero-order valence-corrected chi connectivity index (χ0v) is 7.95. The minimum atomic E-state index is -0.0990. The minimum absolute atomic E-state index is 0.0287. The zero-order chi connectivity index (χ0) is 9.76. The molecule has 0 aromatic heterocycles. The van der Waals surface area contributed by atoms with Crippen molar-refractivity contribution in [2.75, 3.05) is 0 Å². The fourth-order valence-electron chi connectivity index (χ4n) is 3.24. The van der Waals surface area contributed by atoms with E-state index < -0.39 is 0 Å². The van der Waals surface area contributed by atoms with E-state index in [2.05, 4.69) is 17.5 Å². The average molecular weight is 191 g/mol. The summed E-state index contributed by atoms with van der Waals surface area (Å²) in [4.78, 5) is 22.7. The van der Waals surface area contributed by atoms with Crippen molar-refractivity contribution in [2.45, 2.75) is 25.7 Å². The summed E-state index contributed by atoms with van der Waals surface area (Å²) in [6, 6.07) is 0.